The molecule has 2 aromatic rings. The van der Waals surface area contributed by atoms with Crippen molar-refractivity contribution in [1.82, 2.24) is 0 Å². The van der Waals surface area contributed by atoms with E-state index >= 15 is 0 Å². The summed E-state index contributed by atoms with van der Waals surface area (Å²) in [5, 5.41) is 3.10. The number of hydrogen-bond donors (Lipinski definition) is 2. The third kappa shape index (κ3) is 6.56. The Labute approximate surface area is 154 Å². The number of rotatable bonds is 5. The standard InChI is InChI=1S/C18H22FN3.HI/c1-13(2)15-4-3-5-17(12-15)22-18(20)21-11-10-14-6-8-16(19)9-7-14;/h3-9,12-13H,10-11H2,1-2H3,(H3,20,21,22);1H. The van der Waals surface area contributed by atoms with Crippen LogP contribution in [0.2, 0.25) is 0 Å². The van der Waals surface area contributed by atoms with Crippen LogP contribution in [0.4, 0.5) is 10.1 Å². The molecule has 124 valence electrons. The lowest BCUT2D eigenvalue weighted by Gasteiger charge is -2.10. The highest BCUT2D eigenvalue weighted by Crippen LogP contribution is 2.18. The summed E-state index contributed by atoms with van der Waals surface area (Å²) in [5.74, 6) is 0.639. The second-order valence-electron chi connectivity index (χ2n) is 5.55. The quantitative estimate of drug-likeness (QED) is 0.418. The fourth-order valence-corrected chi connectivity index (χ4v) is 2.12. The van der Waals surface area contributed by atoms with Crippen LogP contribution in [-0.4, -0.2) is 12.5 Å². The molecular weight excluding hydrogens is 404 g/mol. The van der Waals surface area contributed by atoms with Gasteiger partial charge in [-0.15, -0.1) is 24.0 Å². The molecule has 0 aromatic heterocycles. The van der Waals surface area contributed by atoms with Crippen LogP contribution in [0.3, 0.4) is 0 Å². The Morgan fingerprint density at radius 3 is 2.52 bits per heavy atom. The van der Waals surface area contributed by atoms with Gasteiger partial charge in [-0.3, -0.25) is 4.99 Å². The molecule has 0 aliphatic heterocycles. The summed E-state index contributed by atoms with van der Waals surface area (Å²) in [5.41, 5.74) is 9.13. The number of nitrogens with one attached hydrogen (secondary N) is 1. The van der Waals surface area contributed by atoms with Crippen LogP contribution in [0.1, 0.15) is 30.9 Å². The second kappa shape index (κ2) is 9.50. The molecule has 0 radical (unpaired) electrons. The van der Waals surface area contributed by atoms with Gasteiger partial charge in [0.15, 0.2) is 5.96 Å². The summed E-state index contributed by atoms with van der Waals surface area (Å²) in [7, 11) is 0. The topological polar surface area (TPSA) is 50.4 Å². The Morgan fingerprint density at radius 2 is 1.87 bits per heavy atom. The molecule has 0 fully saturated rings. The Morgan fingerprint density at radius 1 is 1.17 bits per heavy atom. The zero-order chi connectivity index (χ0) is 15.9. The first-order chi connectivity index (χ1) is 10.5. The van der Waals surface area contributed by atoms with Gasteiger partial charge in [0.2, 0.25) is 0 Å². The first-order valence-electron chi connectivity index (χ1n) is 7.46. The number of anilines is 1. The summed E-state index contributed by atoms with van der Waals surface area (Å²) < 4.78 is 12.8. The molecule has 0 spiro atoms. The van der Waals surface area contributed by atoms with Gasteiger partial charge in [-0.1, -0.05) is 38.1 Å². The first-order valence-corrected chi connectivity index (χ1v) is 7.46. The Kier molecular flexibility index (Phi) is 8.02. The van der Waals surface area contributed by atoms with Gasteiger partial charge in [0.05, 0.1) is 0 Å². The maximum absolute atomic E-state index is 12.8. The molecule has 0 aliphatic rings. The largest absolute Gasteiger partial charge is 0.370 e. The normalized spacial score (nSPS) is 11.2. The van der Waals surface area contributed by atoms with Crippen LogP contribution < -0.4 is 11.1 Å². The molecular formula is C18H23FIN3. The van der Waals surface area contributed by atoms with E-state index in [0.29, 0.717) is 18.4 Å². The Balaban J connectivity index is 0.00000264. The van der Waals surface area contributed by atoms with Crippen molar-refractivity contribution in [2.24, 2.45) is 10.7 Å². The number of guanidine groups is 1. The maximum atomic E-state index is 12.8. The van der Waals surface area contributed by atoms with Gasteiger partial charge < -0.3 is 11.1 Å². The molecule has 0 unspecified atom stereocenters. The number of aliphatic imine (C=N–C) groups is 1. The van der Waals surface area contributed by atoms with E-state index in [1.165, 1.54) is 17.7 Å². The summed E-state index contributed by atoms with van der Waals surface area (Å²) in [4.78, 5) is 4.30. The smallest absolute Gasteiger partial charge is 0.193 e. The van der Waals surface area contributed by atoms with E-state index in [1.54, 1.807) is 12.1 Å². The van der Waals surface area contributed by atoms with Crippen molar-refractivity contribution in [3.63, 3.8) is 0 Å². The lowest BCUT2D eigenvalue weighted by atomic mass is 10.0. The highest BCUT2D eigenvalue weighted by molar-refractivity contribution is 14.0. The highest BCUT2D eigenvalue weighted by Gasteiger charge is 2.01. The maximum Gasteiger partial charge on any atom is 0.193 e. The van der Waals surface area contributed by atoms with Gasteiger partial charge >= 0.3 is 0 Å². The average Bonchev–Trinajstić information content (AvgIpc) is 2.49. The van der Waals surface area contributed by atoms with Gasteiger partial charge in [-0.2, -0.15) is 0 Å². The molecule has 23 heavy (non-hydrogen) atoms. The molecule has 3 N–H and O–H groups in total. The first kappa shape index (κ1) is 19.4. The van der Waals surface area contributed by atoms with Gasteiger partial charge in [0.1, 0.15) is 5.82 Å². The Bertz CT molecular complexity index is 639. The van der Waals surface area contributed by atoms with Crippen molar-refractivity contribution in [2.75, 3.05) is 11.9 Å². The monoisotopic (exact) mass is 427 g/mol. The molecule has 0 atom stereocenters. The summed E-state index contributed by atoms with van der Waals surface area (Å²) in [6.45, 7) is 4.87. The van der Waals surface area contributed by atoms with E-state index in [1.807, 2.05) is 12.1 Å². The lowest BCUT2D eigenvalue weighted by Crippen LogP contribution is -2.23. The number of benzene rings is 2. The van der Waals surface area contributed by atoms with Crippen LogP contribution in [0.25, 0.3) is 0 Å². The molecule has 3 nitrogen and oxygen atoms in total. The molecule has 0 saturated heterocycles. The number of hydrogen-bond acceptors (Lipinski definition) is 1. The average molecular weight is 427 g/mol. The van der Waals surface area contributed by atoms with Gasteiger partial charge in [-0.25, -0.2) is 4.39 Å². The number of nitrogens with zero attached hydrogens (tertiary/aromatic N) is 1. The Hall–Kier alpha value is -1.63. The fourth-order valence-electron chi connectivity index (χ4n) is 2.12. The molecule has 0 saturated carbocycles. The van der Waals surface area contributed by atoms with Crippen molar-refractivity contribution in [3.8, 4) is 0 Å². The summed E-state index contributed by atoms with van der Waals surface area (Å²) in [6, 6.07) is 14.6. The van der Waals surface area contributed by atoms with Crippen LogP contribution in [0.15, 0.2) is 53.5 Å². The van der Waals surface area contributed by atoms with E-state index < -0.39 is 0 Å². The fraction of sp³-hybridized carbons (Fsp3) is 0.278. The molecule has 2 aromatic carbocycles. The predicted molar refractivity (Wildman–Crippen MR) is 106 cm³/mol. The van der Waals surface area contributed by atoms with E-state index in [-0.39, 0.29) is 29.8 Å². The minimum absolute atomic E-state index is 0. The van der Waals surface area contributed by atoms with Crippen molar-refractivity contribution in [1.29, 1.82) is 0 Å². The van der Waals surface area contributed by atoms with E-state index in [4.69, 9.17) is 5.73 Å². The number of nitrogens with two attached hydrogens (primary N) is 1. The number of halogens is 2. The predicted octanol–water partition coefficient (Wildman–Crippen LogP) is 4.54. The molecule has 0 bridgehead atoms. The molecule has 0 aliphatic carbocycles. The van der Waals surface area contributed by atoms with E-state index in [0.717, 1.165) is 17.7 Å². The molecule has 0 heterocycles. The third-order valence-electron chi connectivity index (χ3n) is 3.42. The van der Waals surface area contributed by atoms with Gasteiger partial charge in [0.25, 0.3) is 0 Å². The van der Waals surface area contributed by atoms with Crippen molar-refractivity contribution >= 4 is 35.6 Å². The second-order valence-corrected chi connectivity index (χ2v) is 5.55. The van der Waals surface area contributed by atoms with Gasteiger partial charge in [0, 0.05) is 12.2 Å². The minimum Gasteiger partial charge on any atom is -0.370 e. The van der Waals surface area contributed by atoms with Crippen LogP contribution >= 0.6 is 24.0 Å². The molecule has 5 heteroatoms. The van der Waals surface area contributed by atoms with Crippen molar-refractivity contribution < 1.29 is 4.39 Å². The minimum atomic E-state index is -0.224. The van der Waals surface area contributed by atoms with Crippen molar-refractivity contribution in [3.05, 3.63) is 65.5 Å². The summed E-state index contributed by atoms with van der Waals surface area (Å²) >= 11 is 0. The van der Waals surface area contributed by atoms with Crippen LogP contribution in [-0.2, 0) is 6.42 Å². The van der Waals surface area contributed by atoms with Crippen LogP contribution in [0, 0.1) is 5.82 Å². The van der Waals surface area contributed by atoms with Crippen LogP contribution in [0.5, 0.6) is 0 Å². The molecule has 2 rings (SSSR count). The van der Waals surface area contributed by atoms with Crippen molar-refractivity contribution in [2.45, 2.75) is 26.2 Å². The molecule has 0 amide bonds. The lowest BCUT2D eigenvalue weighted by molar-refractivity contribution is 0.627. The van der Waals surface area contributed by atoms with Gasteiger partial charge in [-0.05, 0) is 47.7 Å². The van der Waals surface area contributed by atoms with E-state index in [9.17, 15) is 4.39 Å². The SMILES string of the molecule is CC(C)c1cccc(NC(N)=NCCc2ccc(F)cc2)c1.I. The highest BCUT2D eigenvalue weighted by atomic mass is 127. The third-order valence-corrected chi connectivity index (χ3v) is 3.42. The zero-order valence-electron chi connectivity index (χ0n) is 13.4. The summed E-state index contributed by atoms with van der Waals surface area (Å²) in [6.07, 6.45) is 0.731. The zero-order valence-corrected chi connectivity index (χ0v) is 15.8. The van der Waals surface area contributed by atoms with E-state index in [2.05, 4.69) is 36.3 Å².